The van der Waals surface area contributed by atoms with E-state index in [1.807, 2.05) is 17.2 Å². The molecule has 3 nitrogen and oxygen atoms in total. The Kier molecular flexibility index (Phi) is 6.14. The van der Waals surface area contributed by atoms with Gasteiger partial charge in [-0.1, -0.05) is 31.9 Å². The van der Waals surface area contributed by atoms with E-state index in [-0.39, 0.29) is 19.4 Å². The summed E-state index contributed by atoms with van der Waals surface area (Å²) in [6, 6.07) is 2.10. The highest BCUT2D eigenvalue weighted by molar-refractivity contribution is 5.61. The van der Waals surface area contributed by atoms with Crippen LogP contribution in [0.15, 0.2) is 18.3 Å². The molecule has 150 valence electrons. The first kappa shape index (κ1) is 20.2. The van der Waals surface area contributed by atoms with Crippen LogP contribution in [0.25, 0.3) is 6.08 Å². The van der Waals surface area contributed by atoms with Crippen molar-refractivity contribution in [3.8, 4) is 0 Å². The molecule has 0 bridgehead atoms. The summed E-state index contributed by atoms with van der Waals surface area (Å²) >= 11 is 0. The molecule has 0 atom stereocenters. The fourth-order valence-electron chi connectivity index (χ4n) is 4.23. The highest BCUT2D eigenvalue weighted by atomic mass is 19.4. The Bertz CT molecular complexity index is 657. The van der Waals surface area contributed by atoms with Crippen LogP contribution in [-0.2, 0) is 0 Å². The van der Waals surface area contributed by atoms with Crippen LogP contribution in [0.2, 0.25) is 0 Å². The lowest BCUT2D eigenvalue weighted by Crippen LogP contribution is -2.53. The number of piperidine rings is 1. The summed E-state index contributed by atoms with van der Waals surface area (Å²) in [6.07, 6.45) is 6.97. The molecule has 1 saturated carbocycles. The molecular formula is C21H30F3N3. The van der Waals surface area contributed by atoms with Gasteiger partial charge in [-0.05, 0) is 62.7 Å². The van der Waals surface area contributed by atoms with E-state index in [4.69, 9.17) is 5.73 Å². The van der Waals surface area contributed by atoms with Crippen molar-refractivity contribution in [1.82, 2.24) is 9.88 Å². The summed E-state index contributed by atoms with van der Waals surface area (Å²) in [7, 11) is 0. The van der Waals surface area contributed by atoms with Crippen LogP contribution in [0.5, 0.6) is 0 Å². The fourth-order valence-corrected chi connectivity index (χ4v) is 4.23. The molecule has 2 fully saturated rings. The topological polar surface area (TPSA) is 42.2 Å². The minimum Gasteiger partial charge on any atom is -0.383 e. The number of allylic oxidation sites excluding steroid dienone is 1. The Labute approximate surface area is 159 Å². The number of halogens is 3. The zero-order valence-corrected chi connectivity index (χ0v) is 16.1. The predicted molar refractivity (Wildman–Crippen MR) is 103 cm³/mol. The van der Waals surface area contributed by atoms with Crippen LogP contribution in [0, 0.1) is 5.41 Å². The van der Waals surface area contributed by atoms with Crippen LogP contribution in [-0.4, -0.2) is 35.7 Å². The van der Waals surface area contributed by atoms with Crippen LogP contribution >= 0.6 is 0 Å². The van der Waals surface area contributed by atoms with Gasteiger partial charge in [-0.2, -0.15) is 13.2 Å². The van der Waals surface area contributed by atoms with Crippen LogP contribution < -0.4 is 5.73 Å². The van der Waals surface area contributed by atoms with Crippen molar-refractivity contribution in [2.24, 2.45) is 5.41 Å². The van der Waals surface area contributed by atoms with Crippen LogP contribution in [0.4, 0.5) is 19.0 Å². The van der Waals surface area contributed by atoms with Crippen molar-refractivity contribution in [2.45, 2.75) is 64.0 Å². The maximum atomic E-state index is 13.4. The molecule has 0 spiro atoms. The second kappa shape index (κ2) is 8.21. The van der Waals surface area contributed by atoms with Gasteiger partial charge in [0.25, 0.3) is 0 Å². The molecule has 1 aliphatic carbocycles. The Hall–Kier alpha value is -1.56. The van der Waals surface area contributed by atoms with E-state index < -0.39 is 11.6 Å². The molecule has 0 unspecified atom stereocenters. The maximum absolute atomic E-state index is 13.4. The van der Waals surface area contributed by atoms with E-state index in [2.05, 4.69) is 24.1 Å². The first-order chi connectivity index (χ1) is 12.8. The van der Waals surface area contributed by atoms with Gasteiger partial charge in [-0.25, -0.2) is 4.98 Å². The lowest BCUT2D eigenvalue weighted by atomic mass is 9.67. The molecule has 2 N–H and O–H groups in total. The standard InChI is InChI=1S/C21H30F3N3/c1-2-3-4-6-17-13-18(14-26-19(17)25)16-7-11-27(12-8-16)15-20(9-5-10-20)21(22,23)24/h4,6,13-14,16H,2-3,5,7-12,15H2,1H3,(H2,25,26)/b6-4-. The summed E-state index contributed by atoms with van der Waals surface area (Å²) in [6.45, 7) is 3.72. The summed E-state index contributed by atoms with van der Waals surface area (Å²) in [5.74, 6) is 0.872. The second-order valence-corrected chi connectivity index (χ2v) is 8.12. The summed E-state index contributed by atoms with van der Waals surface area (Å²) in [4.78, 5) is 6.34. The van der Waals surface area contributed by atoms with Crippen molar-refractivity contribution >= 4 is 11.9 Å². The fraction of sp³-hybridized carbons (Fsp3) is 0.667. The number of nitrogens with zero attached hydrogens (tertiary/aromatic N) is 2. The average molecular weight is 381 g/mol. The van der Waals surface area contributed by atoms with Gasteiger partial charge in [0.05, 0.1) is 5.41 Å². The molecule has 1 saturated heterocycles. The molecular weight excluding hydrogens is 351 g/mol. The van der Waals surface area contributed by atoms with Gasteiger partial charge >= 0.3 is 6.18 Å². The molecule has 3 rings (SSSR count). The SMILES string of the molecule is CCC/C=C\c1cc(C2CCN(CC3(C(F)(F)F)CCC3)CC2)cnc1N. The monoisotopic (exact) mass is 381 g/mol. The zero-order valence-electron chi connectivity index (χ0n) is 16.1. The molecule has 2 heterocycles. The van der Waals surface area contributed by atoms with Gasteiger partial charge < -0.3 is 10.6 Å². The van der Waals surface area contributed by atoms with Crippen LogP contribution in [0.1, 0.15) is 68.9 Å². The van der Waals surface area contributed by atoms with Gasteiger partial charge in [0.1, 0.15) is 5.82 Å². The van der Waals surface area contributed by atoms with Gasteiger partial charge in [0.15, 0.2) is 0 Å². The number of nitrogens with two attached hydrogens (primary N) is 1. The number of nitrogen functional groups attached to an aromatic ring is 1. The number of anilines is 1. The third-order valence-corrected chi connectivity index (χ3v) is 6.22. The Balaban J connectivity index is 1.60. The second-order valence-electron chi connectivity index (χ2n) is 8.12. The number of likely N-dealkylation sites (tertiary alicyclic amines) is 1. The molecule has 1 aromatic heterocycles. The molecule has 1 aromatic rings. The number of hydrogen-bond acceptors (Lipinski definition) is 3. The zero-order chi connectivity index (χ0) is 19.5. The Morgan fingerprint density at radius 3 is 2.56 bits per heavy atom. The van der Waals surface area contributed by atoms with Crippen molar-refractivity contribution in [3.05, 3.63) is 29.5 Å². The highest BCUT2D eigenvalue weighted by Gasteiger charge is 2.58. The first-order valence-corrected chi connectivity index (χ1v) is 10.1. The van der Waals surface area contributed by atoms with Gasteiger partial charge in [0, 0.05) is 18.3 Å². The van der Waals surface area contributed by atoms with Gasteiger partial charge in [-0.15, -0.1) is 0 Å². The Morgan fingerprint density at radius 2 is 2.00 bits per heavy atom. The van der Waals surface area contributed by atoms with E-state index in [1.54, 1.807) is 0 Å². The van der Waals surface area contributed by atoms with E-state index >= 15 is 0 Å². The summed E-state index contributed by atoms with van der Waals surface area (Å²) in [5, 5.41) is 0. The summed E-state index contributed by atoms with van der Waals surface area (Å²) < 4.78 is 40.2. The van der Waals surface area contributed by atoms with E-state index in [1.165, 1.54) is 0 Å². The predicted octanol–water partition coefficient (Wildman–Crippen LogP) is 5.39. The largest absolute Gasteiger partial charge is 0.395 e. The number of pyridine rings is 1. The smallest absolute Gasteiger partial charge is 0.383 e. The van der Waals surface area contributed by atoms with E-state index in [0.29, 0.717) is 31.2 Å². The molecule has 0 amide bonds. The number of alkyl halides is 3. The molecule has 0 aromatic carbocycles. The minimum absolute atomic E-state index is 0.161. The lowest BCUT2D eigenvalue weighted by molar-refractivity contribution is -0.256. The number of hydrogen-bond donors (Lipinski definition) is 1. The molecule has 27 heavy (non-hydrogen) atoms. The maximum Gasteiger partial charge on any atom is 0.395 e. The van der Waals surface area contributed by atoms with E-state index in [9.17, 15) is 13.2 Å². The average Bonchev–Trinajstić information content (AvgIpc) is 2.59. The molecule has 6 heteroatoms. The first-order valence-electron chi connectivity index (χ1n) is 10.1. The molecule has 0 radical (unpaired) electrons. The number of rotatable bonds is 6. The third-order valence-electron chi connectivity index (χ3n) is 6.22. The highest BCUT2D eigenvalue weighted by Crippen LogP contribution is 2.53. The molecule has 2 aliphatic rings. The number of unbranched alkanes of at least 4 members (excludes halogenated alkanes) is 1. The minimum atomic E-state index is -4.08. The van der Waals surface area contributed by atoms with Gasteiger partial charge in [0.2, 0.25) is 0 Å². The summed E-state index contributed by atoms with van der Waals surface area (Å²) in [5.41, 5.74) is 6.61. The van der Waals surface area contributed by atoms with Crippen molar-refractivity contribution in [1.29, 1.82) is 0 Å². The van der Waals surface area contributed by atoms with Crippen molar-refractivity contribution in [3.63, 3.8) is 0 Å². The van der Waals surface area contributed by atoms with Crippen molar-refractivity contribution < 1.29 is 13.2 Å². The Morgan fingerprint density at radius 1 is 1.30 bits per heavy atom. The number of aromatic nitrogens is 1. The van der Waals surface area contributed by atoms with Crippen LogP contribution in [0.3, 0.4) is 0 Å². The normalized spacial score (nSPS) is 21.5. The van der Waals surface area contributed by atoms with Crippen molar-refractivity contribution in [2.75, 3.05) is 25.4 Å². The lowest BCUT2D eigenvalue weighted by Gasteiger charge is -2.47. The quantitative estimate of drug-likeness (QED) is 0.718. The third kappa shape index (κ3) is 4.48. The van der Waals surface area contributed by atoms with E-state index in [0.717, 1.165) is 36.8 Å². The molecule has 1 aliphatic heterocycles. The van der Waals surface area contributed by atoms with Gasteiger partial charge in [-0.3, -0.25) is 0 Å².